The van der Waals surface area contributed by atoms with Gasteiger partial charge in [0, 0.05) is 5.56 Å². The van der Waals surface area contributed by atoms with Crippen molar-refractivity contribution in [3.05, 3.63) is 27.2 Å². The number of rotatable bonds is 2. The summed E-state index contributed by atoms with van der Waals surface area (Å²) in [6.45, 7) is 0. The number of aldehydes is 1. The average molecular weight is 237 g/mol. The van der Waals surface area contributed by atoms with Crippen LogP contribution in [0.2, 0.25) is 15.6 Å². The largest absolute Gasteiger partial charge is 0.299 e. The van der Waals surface area contributed by atoms with Crippen LogP contribution in [-0.2, 0) is 4.79 Å². The molecule has 0 unspecified atom stereocenters. The third-order valence-corrected chi connectivity index (χ3v) is 1.91. The van der Waals surface area contributed by atoms with Gasteiger partial charge in [-0.2, -0.15) is 0 Å². The molecule has 0 atom stereocenters. The normalized spacial score (nSPS) is 10.7. The summed E-state index contributed by atoms with van der Waals surface area (Å²) in [5.41, 5.74) is 0.375. The second-order valence-corrected chi connectivity index (χ2v) is 3.04. The number of allylic oxidation sites excluding steroid dienone is 1. The van der Waals surface area contributed by atoms with Crippen molar-refractivity contribution >= 4 is 47.2 Å². The lowest BCUT2D eigenvalue weighted by Crippen LogP contribution is -1.89. The summed E-state index contributed by atoms with van der Waals surface area (Å²) in [5, 5.41) is 0.199. The van der Waals surface area contributed by atoms with Crippen LogP contribution in [0.1, 0.15) is 5.56 Å². The molecular formula is C7H3Cl3N2O. The van der Waals surface area contributed by atoms with Gasteiger partial charge in [-0.1, -0.05) is 23.2 Å². The SMILES string of the molecule is O=CC=Cc1c(Cl)nc(Cl)nc1Cl. The van der Waals surface area contributed by atoms with E-state index in [4.69, 9.17) is 34.8 Å². The molecule has 0 aromatic carbocycles. The van der Waals surface area contributed by atoms with Crippen molar-refractivity contribution < 1.29 is 4.79 Å². The summed E-state index contributed by atoms with van der Waals surface area (Å²) in [4.78, 5) is 17.3. The topological polar surface area (TPSA) is 42.9 Å². The maximum atomic E-state index is 10.0. The van der Waals surface area contributed by atoms with Crippen LogP contribution in [0.15, 0.2) is 6.08 Å². The number of nitrogens with zero attached hydrogens (tertiary/aromatic N) is 2. The van der Waals surface area contributed by atoms with Crippen LogP contribution in [0.3, 0.4) is 0 Å². The Morgan fingerprint density at radius 3 is 2.08 bits per heavy atom. The Bertz CT molecular complexity index is 342. The van der Waals surface area contributed by atoms with E-state index >= 15 is 0 Å². The Balaban J connectivity index is 3.20. The molecule has 0 aliphatic carbocycles. The van der Waals surface area contributed by atoms with Crippen molar-refractivity contribution in [2.45, 2.75) is 0 Å². The van der Waals surface area contributed by atoms with Gasteiger partial charge in [-0.25, -0.2) is 9.97 Å². The number of aromatic nitrogens is 2. The van der Waals surface area contributed by atoms with E-state index in [1.165, 1.54) is 12.2 Å². The molecule has 68 valence electrons. The second-order valence-electron chi connectivity index (χ2n) is 1.98. The third-order valence-electron chi connectivity index (χ3n) is 1.17. The first-order valence-electron chi connectivity index (χ1n) is 3.15. The lowest BCUT2D eigenvalue weighted by atomic mass is 10.3. The highest BCUT2D eigenvalue weighted by Gasteiger charge is 2.07. The zero-order valence-electron chi connectivity index (χ0n) is 6.17. The van der Waals surface area contributed by atoms with Crippen molar-refractivity contribution in [2.75, 3.05) is 0 Å². The molecule has 0 aliphatic rings. The fraction of sp³-hybridized carbons (Fsp3) is 0. The second kappa shape index (κ2) is 4.56. The molecule has 13 heavy (non-hydrogen) atoms. The van der Waals surface area contributed by atoms with E-state index in [1.54, 1.807) is 0 Å². The van der Waals surface area contributed by atoms with E-state index in [0.717, 1.165) is 0 Å². The molecule has 0 spiro atoms. The monoisotopic (exact) mass is 236 g/mol. The van der Waals surface area contributed by atoms with Gasteiger partial charge in [0.1, 0.15) is 16.6 Å². The van der Waals surface area contributed by atoms with E-state index in [0.29, 0.717) is 11.8 Å². The summed E-state index contributed by atoms with van der Waals surface area (Å²) >= 11 is 16.8. The number of hydrogen-bond acceptors (Lipinski definition) is 3. The van der Waals surface area contributed by atoms with Gasteiger partial charge in [0.15, 0.2) is 0 Å². The molecule has 1 aromatic rings. The van der Waals surface area contributed by atoms with Crippen LogP contribution in [0.25, 0.3) is 6.08 Å². The first-order chi connectivity index (χ1) is 6.15. The van der Waals surface area contributed by atoms with Crippen LogP contribution in [-0.4, -0.2) is 16.3 Å². The van der Waals surface area contributed by atoms with Crippen molar-refractivity contribution in [1.29, 1.82) is 0 Å². The molecule has 6 heteroatoms. The number of carbonyl (C=O) groups is 1. The first kappa shape index (κ1) is 10.4. The molecule has 0 fully saturated rings. The van der Waals surface area contributed by atoms with E-state index < -0.39 is 0 Å². The summed E-state index contributed by atoms with van der Waals surface area (Å²) < 4.78 is 0. The van der Waals surface area contributed by atoms with Gasteiger partial charge in [-0.3, -0.25) is 4.79 Å². The standard InChI is InChI=1S/C7H3Cl3N2O/c8-5-4(2-1-3-13)6(9)12-7(10)11-5/h1-3H. The minimum absolute atomic E-state index is 0.0294. The van der Waals surface area contributed by atoms with E-state index in [1.807, 2.05) is 0 Å². The summed E-state index contributed by atoms with van der Waals surface area (Å²) in [7, 11) is 0. The van der Waals surface area contributed by atoms with E-state index in [9.17, 15) is 4.79 Å². The molecule has 3 nitrogen and oxygen atoms in total. The molecule has 0 radical (unpaired) electrons. The van der Waals surface area contributed by atoms with Crippen LogP contribution < -0.4 is 0 Å². The van der Waals surface area contributed by atoms with Crippen LogP contribution >= 0.6 is 34.8 Å². The molecule has 0 saturated carbocycles. The van der Waals surface area contributed by atoms with Gasteiger partial charge < -0.3 is 0 Å². The predicted octanol–water partition coefficient (Wildman–Crippen LogP) is 2.65. The molecule has 0 saturated heterocycles. The minimum Gasteiger partial charge on any atom is -0.299 e. The highest BCUT2D eigenvalue weighted by molar-refractivity contribution is 6.37. The Kier molecular flexibility index (Phi) is 3.66. The van der Waals surface area contributed by atoms with Gasteiger partial charge in [0.25, 0.3) is 0 Å². The average Bonchev–Trinajstić information content (AvgIpc) is 2.02. The fourth-order valence-electron chi connectivity index (χ4n) is 0.666. The van der Waals surface area contributed by atoms with Crippen LogP contribution in [0.4, 0.5) is 0 Å². The number of carbonyl (C=O) groups excluding carboxylic acids is 1. The Morgan fingerprint density at radius 2 is 1.62 bits per heavy atom. The summed E-state index contributed by atoms with van der Waals surface area (Å²) in [6, 6.07) is 0. The van der Waals surface area contributed by atoms with Crippen molar-refractivity contribution in [3.63, 3.8) is 0 Å². The molecule has 1 heterocycles. The summed E-state index contributed by atoms with van der Waals surface area (Å²) in [6.07, 6.45) is 3.25. The Labute approximate surface area is 89.3 Å². The smallest absolute Gasteiger partial charge is 0.225 e. The Hall–Kier alpha value is -0.640. The van der Waals surface area contributed by atoms with Gasteiger partial charge in [0.05, 0.1) is 0 Å². The number of halogens is 3. The maximum absolute atomic E-state index is 10.0. The van der Waals surface area contributed by atoms with Crippen molar-refractivity contribution in [1.82, 2.24) is 9.97 Å². The summed E-state index contributed by atoms with van der Waals surface area (Å²) in [5.74, 6) is 0. The molecular weight excluding hydrogens is 234 g/mol. The zero-order valence-corrected chi connectivity index (χ0v) is 8.44. The molecule has 0 N–H and O–H groups in total. The molecule has 1 aromatic heterocycles. The van der Waals surface area contributed by atoms with Gasteiger partial charge in [-0.15, -0.1) is 0 Å². The minimum atomic E-state index is -0.0294. The maximum Gasteiger partial charge on any atom is 0.225 e. The molecule has 0 amide bonds. The molecule has 0 bridgehead atoms. The van der Waals surface area contributed by atoms with Crippen molar-refractivity contribution in [2.24, 2.45) is 0 Å². The lowest BCUT2D eigenvalue weighted by molar-refractivity contribution is -0.104. The third kappa shape index (κ3) is 2.66. The zero-order chi connectivity index (χ0) is 9.84. The van der Waals surface area contributed by atoms with Gasteiger partial charge in [0.2, 0.25) is 5.28 Å². The predicted molar refractivity (Wildman–Crippen MR) is 52.2 cm³/mol. The fourth-order valence-corrected chi connectivity index (χ4v) is 1.43. The van der Waals surface area contributed by atoms with Crippen molar-refractivity contribution in [3.8, 4) is 0 Å². The highest BCUT2D eigenvalue weighted by Crippen LogP contribution is 2.23. The quantitative estimate of drug-likeness (QED) is 0.344. The van der Waals surface area contributed by atoms with Gasteiger partial charge in [-0.05, 0) is 23.8 Å². The van der Waals surface area contributed by atoms with Crippen LogP contribution in [0.5, 0.6) is 0 Å². The Morgan fingerprint density at radius 1 is 1.08 bits per heavy atom. The molecule has 0 aliphatic heterocycles. The van der Waals surface area contributed by atoms with E-state index in [-0.39, 0.29) is 15.6 Å². The van der Waals surface area contributed by atoms with E-state index in [2.05, 4.69) is 9.97 Å². The highest BCUT2D eigenvalue weighted by atomic mass is 35.5. The van der Waals surface area contributed by atoms with Crippen LogP contribution in [0, 0.1) is 0 Å². The van der Waals surface area contributed by atoms with Gasteiger partial charge >= 0.3 is 0 Å². The molecule has 1 rings (SSSR count). The number of hydrogen-bond donors (Lipinski definition) is 0. The first-order valence-corrected chi connectivity index (χ1v) is 4.29. The lowest BCUT2D eigenvalue weighted by Gasteiger charge is -1.99.